The Hall–Kier alpha value is -4.74. The van der Waals surface area contributed by atoms with E-state index in [0.717, 1.165) is 0 Å². The maximum atomic E-state index is 13.0. The van der Waals surface area contributed by atoms with Gasteiger partial charge in [-0.1, -0.05) is 0 Å². The maximum Gasteiger partial charge on any atom is 0.326 e. The number of primary amides is 1. The summed E-state index contributed by atoms with van der Waals surface area (Å²) >= 11 is 0. The van der Waals surface area contributed by atoms with E-state index in [9.17, 15) is 39.0 Å². The first kappa shape index (κ1) is 31.3. The minimum Gasteiger partial charge on any atom is -0.481 e. The first-order valence-electron chi connectivity index (χ1n) is 11.2. The number of aromatic nitrogens is 2. The first-order chi connectivity index (χ1) is 17.8. The van der Waals surface area contributed by atoms with Crippen molar-refractivity contribution in [2.24, 2.45) is 27.9 Å². The van der Waals surface area contributed by atoms with Crippen LogP contribution in [-0.4, -0.2) is 92.4 Å². The molecule has 14 N–H and O–H groups in total. The van der Waals surface area contributed by atoms with Crippen LogP contribution in [0.4, 0.5) is 0 Å². The summed E-state index contributed by atoms with van der Waals surface area (Å²) in [7, 11) is 0. The second kappa shape index (κ2) is 15.4. The van der Waals surface area contributed by atoms with Crippen LogP contribution in [0.1, 0.15) is 31.4 Å². The van der Waals surface area contributed by atoms with Crippen molar-refractivity contribution in [3.8, 4) is 0 Å². The summed E-state index contributed by atoms with van der Waals surface area (Å²) in [5, 5.41) is 25.0. The lowest BCUT2D eigenvalue weighted by atomic mass is 10.1. The van der Waals surface area contributed by atoms with E-state index in [1.807, 2.05) is 5.32 Å². The average molecular weight is 541 g/mol. The molecule has 4 amide bonds. The highest BCUT2D eigenvalue weighted by Crippen LogP contribution is 2.04. The number of H-pyrrole nitrogens is 1. The number of hydrogen-bond donors (Lipinski definition) is 10. The zero-order valence-corrected chi connectivity index (χ0v) is 20.3. The van der Waals surface area contributed by atoms with E-state index in [1.54, 1.807) is 0 Å². The van der Waals surface area contributed by atoms with Gasteiger partial charge in [0.1, 0.15) is 18.1 Å². The molecule has 18 heteroatoms. The summed E-state index contributed by atoms with van der Waals surface area (Å²) in [6.45, 7) is 0.223. The number of carboxylic acids is 2. The zero-order valence-electron chi connectivity index (χ0n) is 20.3. The van der Waals surface area contributed by atoms with Crippen LogP contribution < -0.4 is 38.9 Å². The van der Waals surface area contributed by atoms with E-state index in [-0.39, 0.29) is 25.3 Å². The molecular weight excluding hydrogens is 508 g/mol. The first-order valence-corrected chi connectivity index (χ1v) is 11.2. The molecule has 210 valence electrons. The molecule has 0 spiro atoms. The number of nitrogens with two attached hydrogens (primary N) is 4. The number of aliphatic carboxylic acids is 2. The van der Waals surface area contributed by atoms with Gasteiger partial charge in [0.2, 0.25) is 23.6 Å². The maximum absolute atomic E-state index is 13.0. The minimum absolute atomic E-state index is 0.122. The van der Waals surface area contributed by atoms with Crippen molar-refractivity contribution in [3.05, 3.63) is 18.2 Å². The van der Waals surface area contributed by atoms with Gasteiger partial charge in [-0.15, -0.1) is 0 Å². The van der Waals surface area contributed by atoms with Crippen LogP contribution >= 0.6 is 0 Å². The fraction of sp³-hybridized carbons (Fsp3) is 0.500. The summed E-state index contributed by atoms with van der Waals surface area (Å²) in [6.07, 6.45) is 1.39. The molecule has 0 aromatic carbocycles. The summed E-state index contributed by atoms with van der Waals surface area (Å²) in [6, 6.07) is -5.91. The van der Waals surface area contributed by atoms with Crippen LogP contribution in [-0.2, 0) is 35.2 Å². The molecule has 4 unspecified atom stereocenters. The lowest BCUT2D eigenvalue weighted by Crippen LogP contribution is -2.58. The third-order valence-electron chi connectivity index (χ3n) is 4.95. The number of nitrogens with one attached hydrogen (secondary N) is 4. The molecule has 4 atom stereocenters. The van der Waals surface area contributed by atoms with Crippen molar-refractivity contribution in [1.82, 2.24) is 25.9 Å². The summed E-state index contributed by atoms with van der Waals surface area (Å²) < 4.78 is 0. The van der Waals surface area contributed by atoms with Gasteiger partial charge in [0, 0.05) is 24.9 Å². The Kier molecular flexibility index (Phi) is 12.7. The van der Waals surface area contributed by atoms with Gasteiger partial charge >= 0.3 is 11.9 Å². The monoisotopic (exact) mass is 540 g/mol. The molecule has 18 nitrogen and oxygen atoms in total. The lowest BCUT2D eigenvalue weighted by molar-refractivity contribution is -0.144. The second-order valence-electron chi connectivity index (χ2n) is 8.13. The number of amides is 4. The number of guanidine groups is 1. The summed E-state index contributed by atoms with van der Waals surface area (Å²) in [4.78, 5) is 82.4. The van der Waals surface area contributed by atoms with Crippen molar-refractivity contribution >= 4 is 41.5 Å². The van der Waals surface area contributed by atoms with Crippen molar-refractivity contribution in [2.45, 2.75) is 56.3 Å². The predicted molar refractivity (Wildman–Crippen MR) is 130 cm³/mol. The van der Waals surface area contributed by atoms with E-state index < -0.39 is 72.6 Å². The topological polar surface area (TPSA) is 324 Å². The summed E-state index contributed by atoms with van der Waals surface area (Å²) in [5.41, 5.74) is 21.7. The molecule has 1 rings (SSSR count). The van der Waals surface area contributed by atoms with Gasteiger partial charge in [0.15, 0.2) is 5.96 Å². The number of rotatable bonds is 17. The van der Waals surface area contributed by atoms with Gasteiger partial charge in [-0.05, 0) is 12.8 Å². The molecule has 1 aromatic heterocycles. The van der Waals surface area contributed by atoms with E-state index in [1.165, 1.54) is 12.5 Å². The Bertz CT molecular complexity index is 1030. The van der Waals surface area contributed by atoms with Crippen molar-refractivity contribution in [2.75, 3.05) is 6.54 Å². The smallest absolute Gasteiger partial charge is 0.326 e. The molecule has 0 saturated heterocycles. The molecule has 1 aromatic rings. The number of aliphatic imine (C=N–C) groups is 1. The Morgan fingerprint density at radius 1 is 0.921 bits per heavy atom. The number of carbonyl (C=O) groups is 6. The molecule has 1 heterocycles. The second-order valence-corrected chi connectivity index (χ2v) is 8.13. The van der Waals surface area contributed by atoms with Crippen LogP contribution in [0, 0.1) is 0 Å². The number of aromatic amines is 1. The van der Waals surface area contributed by atoms with Crippen molar-refractivity contribution < 1.29 is 39.0 Å². The zero-order chi connectivity index (χ0) is 28.8. The molecule has 0 aliphatic rings. The third kappa shape index (κ3) is 11.8. The van der Waals surface area contributed by atoms with Gasteiger partial charge in [-0.3, -0.25) is 29.0 Å². The highest BCUT2D eigenvalue weighted by molar-refractivity contribution is 5.96. The molecule has 0 saturated carbocycles. The fourth-order valence-electron chi connectivity index (χ4n) is 3.08. The van der Waals surface area contributed by atoms with Crippen LogP contribution in [0.2, 0.25) is 0 Å². The Balaban J connectivity index is 3.01. The Morgan fingerprint density at radius 3 is 2.05 bits per heavy atom. The molecule has 38 heavy (non-hydrogen) atoms. The van der Waals surface area contributed by atoms with Crippen LogP contribution in [0.3, 0.4) is 0 Å². The van der Waals surface area contributed by atoms with Crippen LogP contribution in [0.15, 0.2) is 17.5 Å². The van der Waals surface area contributed by atoms with E-state index >= 15 is 0 Å². The standard InChI is InChI=1S/C20H32N10O8/c21-10(2-1-3-26-20(23)24)16(34)28-11(4-9-7-25-8-27-9)17(35)29-12(6-15(32)33)18(36)30-13(19(37)38)5-14(22)31/h7-8,10-13H,1-6,21H2,(H2,22,31)(H,25,27)(H,28,34)(H,29,35)(H,30,36)(H,32,33)(H,37,38)(H4,23,24,26). The van der Waals surface area contributed by atoms with Gasteiger partial charge < -0.3 is 54.1 Å². The summed E-state index contributed by atoms with van der Waals surface area (Å²) in [5.74, 6) is -7.14. The van der Waals surface area contributed by atoms with E-state index in [2.05, 4.69) is 25.6 Å². The van der Waals surface area contributed by atoms with Gasteiger partial charge in [0.05, 0.1) is 25.2 Å². The molecule has 0 bridgehead atoms. The molecule has 0 radical (unpaired) electrons. The van der Waals surface area contributed by atoms with E-state index in [4.69, 9.17) is 22.9 Å². The number of carboxylic acid groups (broad SMARTS) is 2. The van der Waals surface area contributed by atoms with Gasteiger partial charge in [-0.25, -0.2) is 9.78 Å². The number of nitrogens with zero attached hydrogens (tertiary/aromatic N) is 2. The molecule has 0 fully saturated rings. The number of imidazole rings is 1. The Labute approximate surface area is 216 Å². The van der Waals surface area contributed by atoms with Crippen LogP contribution in [0.5, 0.6) is 0 Å². The highest BCUT2D eigenvalue weighted by Gasteiger charge is 2.32. The molecule has 0 aliphatic heterocycles. The third-order valence-corrected chi connectivity index (χ3v) is 4.95. The quantitative estimate of drug-likeness (QED) is 0.0505. The molecule has 0 aliphatic carbocycles. The highest BCUT2D eigenvalue weighted by atomic mass is 16.4. The minimum atomic E-state index is -1.76. The normalized spacial score (nSPS) is 13.7. The van der Waals surface area contributed by atoms with Crippen LogP contribution in [0.25, 0.3) is 0 Å². The van der Waals surface area contributed by atoms with E-state index in [0.29, 0.717) is 12.1 Å². The number of carbonyl (C=O) groups excluding carboxylic acids is 4. The average Bonchev–Trinajstić information content (AvgIpc) is 3.32. The lowest BCUT2D eigenvalue weighted by Gasteiger charge is -2.24. The Morgan fingerprint density at radius 2 is 1.53 bits per heavy atom. The number of hydrogen-bond acceptors (Lipinski definition) is 9. The predicted octanol–water partition coefficient (Wildman–Crippen LogP) is -4.78. The van der Waals surface area contributed by atoms with Gasteiger partial charge in [-0.2, -0.15) is 0 Å². The van der Waals surface area contributed by atoms with Crippen molar-refractivity contribution in [1.29, 1.82) is 0 Å². The molecular formula is C20H32N10O8. The van der Waals surface area contributed by atoms with Crippen molar-refractivity contribution in [3.63, 3.8) is 0 Å². The largest absolute Gasteiger partial charge is 0.481 e. The van der Waals surface area contributed by atoms with Gasteiger partial charge in [0.25, 0.3) is 0 Å². The fourth-order valence-corrected chi connectivity index (χ4v) is 3.08. The SMILES string of the molecule is NC(=O)CC(NC(=O)C(CC(=O)O)NC(=O)C(Cc1cnc[nH]1)NC(=O)C(N)CCCN=C(N)N)C(=O)O.